The van der Waals surface area contributed by atoms with E-state index < -0.39 is 11.9 Å². The molecule has 0 unspecified atom stereocenters. The molecule has 0 radical (unpaired) electrons. The number of hydrogen-bond donors (Lipinski definition) is 0. The van der Waals surface area contributed by atoms with E-state index in [1.54, 1.807) is 23.1 Å². The van der Waals surface area contributed by atoms with Crippen LogP contribution in [0.25, 0.3) is 0 Å². The van der Waals surface area contributed by atoms with Gasteiger partial charge in [-0.1, -0.05) is 12.1 Å². The molecule has 8 heteroatoms. The molecular formula is C20H22F3N3O2. The number of benzene rings is 1. The Balaban J connectivity index is 1.60. The summed E-state index contributed by atoms with van der Waals surface area (Å²) in [6.45, 7) is 2.36. The number of halogens is 3. The van der Waals surface area contributed by atoms with Gasteiger partial charge in [-0.3, -0.25) is 9.48 Å². The average Bonchev–Trinajstić information content (AvgIpc) is 3.07. The Morgan fingerprint density at radius 2 is 1.89 bits per heavy atom. The molecule has 1 aliphatic carbocycles. The molecule has 1 saturated heterocycles. The van der Waals surface area contributed by atoms with Crippen LogP contribution in [0.1, 0.15) is 45.7 Å². The van der Waals surface area contributed by atoms with Crippen molar-refractivity contribution in [2.24, 2.45) is 0 Å². The smallest absolute Gasteiger partial charge is 0.378 e. The molecule has 1 aromatic heterocycles. The number of ether oxygens (including phenoxy) is 1. The first-order valence-corrected chi connectivity index (χ1v) is 9.55. The summed E-state index contributed by atoms with van der Waals surface area (Å²) in [5.41, 5.74) is 1.55. The molecule has 1 aliphatic heterocycles. The summed E-state index contributed by atoms with van der Waals surface area (Å²) in [7, 11) is 0. The molecule has 150 valence electrons. The topological polar surface area (TPSA) is 47.4 Å². The first kappa shape index (κ1) is 19.0. The molecule has 0 N–H and O–H groups in total. The van der Waals surface area contributed by atoms with Gasteiger partial charge < -0.3 is 9.64 Å². The third-order valence-corrected chi connectivity index (χ3v) is 5.33. The minimum atomic E-state index is -4.44. The zero-order chi connectivity index (χ0) is 19.7. The van der Waals surface area contributed by atoms with Gasteiger partial charge in [-0.2, -0.15) is 18.3 Å². The van der Waals surface area contributed by atoms with Crippen LogP contribution >= 0.6 is 0 Å². The van der Waals surface area contributed by atoms with Crippen molar-refractivity contribution in [3.8, 4) is 0 Å². The number of amides is 1. The van der Waals surface area contributed by atoms with Gasteiger partial charge in [0.15, 0.2) is 5.69 Å². The van der Waals surface area contributed by atoms with Gasteiger partial charge in [0, 0.05) is 29.9 Å². The van der Waals surface area contributed by atoms with Crippen LogP contribution in [0.4, 0.5) is 13.2 Å². The number of fused-ring (bicyclic) bond motifs is 1. The lowest BCUT2D eigenvalue weighted by atomic mass is 9.95. The minimum absolute atomic E-state index is 0.0800. The predicted octanol–water partition coefficient (Wildman–Crippen LogP) is 3.30. The zero-order valence-electron chi connectivity index (χ0n) is 15.5. The van der Waals surface area contributed by atoms with Gasteiger partial charge in [0.05, 0.1) is 19.8 Å². The van der Waals surface area contributed by atoms with Crippen LogP contribution < -0.4 is 0 Å². The second-order valence-corrected chi connectivity index (χ2v) is 7.24. The highest BCUT2D eigenvalue weighted by Crippen LogP contribution is 2.36. The Labute approximate surface area is 161 Å². The molecule has 0 spiro atoms. The minimum Gasteiger partial charge on any atom is -0.378 e. The Morgan fingerprint density at radius 1 is 1.14 bits per heavy atom. The maximum Gasteiger partial charge on any atom is 0.435 e. The Hall–Kier alpha value is -2.35. The number of hydrogen-bond acceptors (Lipinski definition) is 3. The van der Waals surface area contributed by atoms with Crippen molar-refractivity contribution < 1.29 is 22.7 Å². The molecule has 28 heavy (non-hydrogen) atoms. The highest BCUT2D eigenvalue weighted by atomic mass is 19.4. The summed E-state index contributed by atoms with van der Waals surface area (Å²) in [6, 6.07) is 7.08. The fourth-order valence-corrected chi connectivity index (χ4v) is 3.95. The van der Waals surface area contributed by atoms with Crippen molar-refractivity contribution in [3.63, 3.8) is 0 Å². The molecule has 1 fully saturated rings. The van der Waals surface area contributed by atoms with E-state index in [1.165, 1.54) is 4.68 Å². The number of aromatic nitrogens is 2. The first-order valence-electron chi connectivity index (χ1n) is 9.55. The lowest BCUT2D eigenvalue weighted by Crippen LogP contribution is -2.40. The normalized spacial score (nSPS) is 17.5. The van der Waals surface area contributed by atoms with Crippen molar-refractivity contribution >= 4 is 5.91 Å². The van der Waals surface area contributed by atoms with E-state index in [0.717, 1.165) is 18.4 Å². The van der Waals surface area contributed by atoms with Crippen LogP contribution in [0.15, 0.2) is 24.3 Å². The number of carbonyl (C=O) groups excluding carboxylic acids is 1. The quantitative estimate of drug-likeness (QED) is 0.804. The summed E-state index contributed by atoms with van der Waals surface area (Å²) in [5, 5.41) is 3.90. The van der Waals surface area contributed by atoms with E-state index in [1.807, 2.05) is 6.07 Å². The summed E-state index contributed by atoms with van der Waals surface area (Å²) < 4.78 is 46.8. The van der Waals surface area contributed by atoms with Crippen LogP contribution in [-0.4, -0.2) is 46.9 Å². The van der Waals surface area contributed by atoms with Crippen molar-refractivity contribution in [2.75, 3.05) is 26.3 Å². The third kappa shape index (κ3) is 3.78. The third-order valence-electron chi connectivity index (χ3n) is 5.33. The van der Waals surface area contributed by atoms with Crippen LogP contribution in [0.5, 0.6) is 0 Å². The standard InChI is InChI=1S/C20H22F3N3O2/c21-20(22,23)18-16-6-1-2-7-17(16)26(24-18)13-14-4-3-5-15(12-14)19(27)25-8-10-28-11-9-25/h3-5,12H,1-2,6-11,13H2. The maximum atomic E-state index is 13.4. The molecule has 1 amide bonds. The van der Waals surface area contributed by atoms with Crippen molar-refractivity contribution in [3.05, 3.63) is 52.3 Å². The van der Waals surface area contributed by atoms with Gasteiger partial charge in [-0.15, -0.1) is 0 Å². The Bertz CT molecular complexity index is 870. The number of carbonyl (C=O) groups is 1. The predicted molar refractivity (Wildman–Crippen MR) is 96.1 cm³/mol. The van der Waals surface area contributed by atoms with E-state index >= 15 is 0 Å². The molecular weight excluding hydrogens is 371 g/mol. The highest BCUT2D eigenvalue weighted by Gasteiger charge is 2.39. The Kier molecular flexibility index (Phi) is 5.14. The van der Waals surface area contributed by atoms with Crippen molar-refractivity contribution in [1.82, 2.24) is 14.7 Å². The van der Waals surface area contributed by atoms with Gasteiger partial charge in [0.2, 0.25) is 0 Å². The molecule has 0 saturated carbocycles. The number of nitrogens with zero attached hydrogens (tertiary/aromatic N) is 3. The Morgan fingerprint density at radius 3 is 2.64 bits per heavy atom. The number of alkyl halides is 3. The summed E-state index contributed by atoms with van der Waals surface area (Å²) >= 11 is 0. The second kappa shape index (κ2) is 7.58. The highest BCUT2D eigenvalue weighted by molar-refractivity contribution is 5.94. The van der Waals surface area contributed by atoms with Gasteiger partial charge in [0.1, 0.15) is 0 Å². The van der Waals surface area contributed by atoms with Crippen LogP contribution in [-0.2, 0) is 30.3 Å². The first-order chi connectivity index (χ1) is 13.4. The summed E-state index contributed by atoms with van der Waals surface area (Å²) in [6.07, 6.45) is -1.80. The van der Waals surface area contributed by atoms with Gasteiger partial charge in [-0.05, 0) is 43.4 Å². The van der Waals surface area contributed by atoms with Crippen molar-refractivity contribution in [1.29, 1.82) is 0 Å². The SMILES string of the molecule is O=C(c1cccc(Cn2nc(C(F)(F)F)c3c2CCCC3)c1)N1CCOCC1. The largest absolute Gasteiger partial charge is 0.435 e. The molecule has 1 aromatic carbocycles. The number of morpholine rings is 1. The van der Waals surface area contributed by atoms with Gasteiger partial charge >= 0.3 is 6.18 Å². The van der Waals surface area contributed by atoms with Gasteiger partial charge in [0.25, 0.3) is 5.91 Å². The van der Waals surface area contributed by atoms with E-state index in [-0.39, 0.29) is 12.5 Å². The summed E-state index contributed by atoms with van der Waals surface area (Å²) in [4.78, 5) is 14.4. The lowest BCUT2D eigenvalue weighted by molar-refractivity contribution is -0.142. The molecule has 2 heterocycles. The van der Waals surface area contributed by atoms with E-state index in [9.17, 15) is 18.0 Å². The molecule has 2 aliphatic rings. The fourth-order valence-electron chi connectivity index (χ4n) is 3.95. The summed E-state index contributed by atoms with van der Waals surface area (Å²) in [5.74, 6) is -0.0800. The number of rotatable bonds is 3. The second-order valence-electron chi connectivity index (χ2n) is 7.24. The van der Waals surface area contributed by atoms with E-state index in [2.05, 4.69) is 5.10 Å². The molecule has 4 rings (SSSR count). The fraction of sp³-hybridized carbons (Fsp3) is 0.500. The van der Waals surface area contributed by atoms with E-state index in [0.29, 0.717) is 56.0 Å². The maximum absolute atomic E-state index is 13.4. The van der Waals surface area contributed by atoms with Gasteiger partial charge in [-0.25, -0.2) is 0 Å². The monoisotopic (exact) mass is 393 g/mol. The van der Waals surface area contributed by atoms with Crippen LogP contribution in [0, 0.1) is 0 Å². The molecule has 2 aromatic rings. The van der Waals surface area contributed by atoms with E-state index in [4.69, 9.17) is 4.74 Å². The van der Waals surface area contributed by atoms with Crippen molar-refractivity contribution in [2.45, 2.75) is 38.4 Å². The average molecular weight is 393 g/mol. The van der Waals surface area contributed by atoms with Crippen LogP contribution in [0.3, 0.4) is 0 Å². The molecule has 0 bridgehead atoms. The van der Waals surface area contributed by atoms with Crippen LogP contribution in [0.2, 0.25) is 0 Å². The zero-order valence-corrected chi connectivity index (χ0v) is 15.5. The molecule has 0 atom stereocenters. The molecule has 5 nitrogen and oxygen atoms in total. The lowest BCUT2D eigenvalue weighted by Gasteiger charge is -2.27.